The SMILES string of the molecule is Clc1ccnc(N2CCNCC2)c1. The summed E-state index contributed by atoms with van der Waals surface area (Å²) in [6.07, 6.45) is 1.75. The van der Waals surface area contributed by atoms with Crippen molar-refractivity contribution in [2.45, 2.75) is 0 Å². The van der Waals surface area contributed by atoms with Crippen LogP contribution in [0.4, 0.5) is 5.82 Å². The molecule has 1 saturated heterocycles. The summed E-state index contributed by atoms with van der Waals surface area (Å²) < 4.78 is 0. The normalized spacial score (nSPS) is 17.5. The Morgan fingerprint density at radius 1 is 1.38 bits per heavy atom. The van der Waals surface area contributed by atoms with Crippen molar-refractivity contribution in [3.05, 3.63) is 23.4 Å². The van der Waals surface area contributed by atoms with E-state index in [1.165, 1.54) is 0 Å². The molecule has 1 aromatic heterocycles. The van der Waals surface area contributed by atoms with E-state index in [-0.39, 0.29) is 0 Å². The quantitative estimate of drug-likeness (QED) is 0.732. The number of nitrogens with one attached hydrogen (secondary N) is 1. The maximum atomic E-state index is 5.88. The number of halogens is 1. The summed E-state index contributed by atoms with van der Waals surface area (Å²) in [6, 6.07) is 3.71. The Kier molecular flexibility index (Phi) is 2.66. The molecule has 1 aromatic rings. The van der Waals surface area contributed by atoms with E-state index in [0.717, 1.165) is 37.0 Å². The van der Waals surface area contributed by atoms with Gasteiger partial charge < -0.3 is 10.2 Å². The second-order valence-corrected chi connectivity index (χ2v) is 3.51. The summed E-state index contributed by atoms with van der Waals surface area (Å²) in [4.78, 5) is 6.52. The van der Waals surface area contributed by atoms with E-state index in [9.17, 15) is 0 Å². The van der Waals surface area contributed by atoms with Crippen LogP contribution in [0.5, 0.6) is 0 Å². The summed E-state index contributed by atoms with van der Waals surface area (Å²) >= 11 is 5.88. The molecule has 1 N–H and O–H groups in total. The van der Waals surface area contributed by atoms with Crippen LogP contribution in [-0.2, 0) is 0 Å². The average molecular weight is 198 g/mol. The molecule has 0 amide bonds. The number of hydrogen-bond donors (Lipinski definition) is 1. The number of piperazine rings is 1. The fourth-order valence-corrected chi connectivity index (χ4v) is 1.61. The lowest BCUT2D eigenvalue weighted by atomic mass is 10.3. The standard InChI is InChI=1S/C9H12ClN3/c10-8-1-2-12-9(7-8)13-5-3-11-4-6-13/h1-2,7,11H,3-6H2. The van der Waals surface area contributed by atoms with Gasteiger partial charge >= 0.3 is 0 Å². The minimum atomic E-state index is 0.753. The average Bonchev–Trinajstić information content (AvgIpc) is 2.19. The molecule has 70 valence electrons. The first-order valence-electron chi connectivity index (χ1n) is 4.43. The molecule has 0 spiro atoms. The number of anilines is 1. The van der Waals surface area contributed by atoms with Crippen molar-refractivity contribution in [1.82, 2.24) is 10.3 Å². The Bertz CT molecular complexity index is 284. The topological polar surface area (TPSA) is 28.2 Å². The van der Waals surface area contributed by atoms with Crippen LogP contribution >= 0.6 is 11.6 Å². The zero-order valence-corrected chi connectivity index (χ0v) is 8.09. The van der Waals surface area contributed by atoms with Gasteiger partial charge in [0.05, 0.1) is 0 Å². The van der Waals surface area contributed by atoms with Crippen molar-refractivity contribution < 1.29 is 0 Å². The Hall–Kier alpha value is -0.800. The first-order valence-corrected chi connectivity index (χ1v) is 4.81. The predicted octanol–water partition coefficient (Wildman–Crippen LogP) is 1.14. The third-order valence-electron chi connectivity index (χ3n) is 2.15. The summed E-state index contributed by atoms with van der Waals surface area (Å²) in [5.74, 6) is 0.981. The van der Waals surface area contributed by atoms with Crippen LogP contribution in [0.1, 0.15) is 0 Å². The monoisotopic (exact) mass is 197 g/mol. The van der Waals surface area contributed by atoms with Crippen molar-refractivity contribution in [3.63, 3.8) is 0 Å². The van der Waals surface area contributed by atoms with Crippen molar-refractivity contribution in [2.24, 2.45) is 0 Å². The highest BCUT2D eigenvalue weighted by atomic mass is 35.5. The Morgan fingerprint density at radius 3 is 2.85 bits per heavy atom. The lowest BCUT2D eigenvalue weighted by Gasteiger charge is -2.28. The van der Waals surface area contributed by atoms with Crippen molar-refractivity contribution in [3.8, 4) is 0 Å². The highest BCUT2D eigenvalue weighted by Crippen LogP contribution is 2.16. The molecule has 4 heteroatoms. The van der Waals surface area contributed by atoms with Crippen LogP contribution in [0, 0.1) is 0 Å². The van der Waals surface area contributed by atoms with Crippen molar-refractivity contribution >= 4 is 17.4 Å². The number of rotatable bonds is 1. The second kappa shape index (κ2) is 3.94. The molecule has 0 radical (unpaired) electrons. The number of aromatic nitrogens is 1. The molecule has 2 rings (SSSR count). The van der Waals surface area contributed by atoms with E-state index in [1.54, 1.807) is 12.3 Å². The van der Waals surface area contributed by atoms with E-state index in [1.807, 2.05) is 6.07 Å². The van der Waals surface area contributed by atoms with Gasteiger partial charge in [0.15, 0.2) is 0 Å². The molecule has 1 aliphatic heterocycles. The molecule has 1 fully saturated rings. The lowest BCUT2D eigenvalue weighted by Crippen LogP contribution is -2.43. The molecular weight excluding hydrogens is 186 g/mol. The first kappa shape index (κ1) is 8.78. The summed E-state index contributed by atoms with van der Waals surface area (Å²) in [5.41, 5.74) is 0. The molecule has 13 heavy (non-hydrogen) atoms. The molecule has 0 bridgehead atoms. The Labute approximate surface area is 82.7 Å². The van der Waals surface area contributed by atoms with Gasteiger partial charge in [-0.3, -0.25) is 0 Å². The third-order valence-corrected chi connectivity index (χ3v) is 2.38. The van der Waals surface area contributed by atoms with Crippen LogP contribution in [-0.4, -0.2) is 31.2 Å². The molecule has 3 nitrogen and oxygen atoms in total. The zero-order valence-electron chi connectivity index (χ0n) is 7.33. The number of nitrogens with zero attached hydrogens (tertiary/aromatic N) is 2. The molecule has 0 saturated carbocycles. The van der Waals surface area contributed by atoms with E-state index in [4.69, 9.17) is 11.6 Å². The van der Waals surface area contributed by atoms with Gasteiger partial charge in [-0.25, -0.2) is 4.98 Å². The molecule has 0 atom stereocenters. The fourth-order valence-electron chi connectivity index (χ4n) is 1.46. The zero-order chi connectivity index (χ0) is 9.10. The smallest absolute Gasteiger partial charge is 0.130 e. The Morgan fingerprint density at radius 2 is 2.15 bits per heavy atom. The van der Waals surface area contributed by atoms with Crippen molar-refractivity contribution in [1.29, 1.82) is 0 Å². The summed E-state index contributed by atoms with van der Waals surface area (Å²) in [7, 11) is 0. The fraction of sp³-hybridized carbons (Fsp3) is 0.444. The van der Waals surface area contributed by atoms with E-state index in [0.29, 0.717) is 0 Å². The second-order valence-electron chi connectivity index (χ2n) is 3.07. The minimum Gasteiger partial charge on any atom is -0.354 e. The van der Waals surface area contributed by atoms with Gasteiger partial charge in [0.1, 0.15) is 5.82 Å². The molecule has 0 aromatic carbocycles. The largest absolute Gasteiger partial charge is 0.354 e. The van der Waals surface area contributed by atoms with Gasteiger partial charge in [0.25, 0.3) is 0 Å². The number of pyridine rings is 1. The van der Waals surface area contributed by atoms with Crippen LogP contribution in [0.3, 0.4) is 0 Å². The van der Waals surface area contributed by atoms with Gasteiger partial charge in [-0.2, -0.15) is 0 Å². The van der Waals surface area contributed by atoms with Gasteiger partial charge in [-0.15, -0.1) is 0 Å². The minimum absolute atomic E-state index is 0.753. The van der Waals surface area contributed by atoms with Crippen molar-refractivity contribution in [2.75, 3.05) is 31.1 Å². The molecule has 0 aliphatic carbocycles. The highest BCUT2D eigenvalue weighted by molar-refractivity contribution is 6.30. The third kappa shape index (κ3) is 2.11. The van der Waals surface area contributed by atoms with Crippen LogP contribution in [0.25, 0.3) is 0 Å². The van der Waals surface area contributed by atoms with E-state index < -0.39 is 0 Å². The van der Waals surface area contributed by atoms with Gasteiger partial charge in [-0.1, -0.05) is 11.6 Å². The maximum Gasteiger partial charge on any atom is 0.130 e. The van der Waals surface area contributed by atoms with Crippen LogP contribution in [0.2, 0.25) is 5.02 Å². The summed E-state index contributed by atoms with van der Waals surface area (Å²) in [5, 5.41) is 4.05. The Balaban J connectivity index is 2.14. The van der Waals surface area contributed by atoms with Gasteiger partial charge in [0, 0.05) is 37.4 Å². The first-order chi connectivity index (χ1) is 6.36. The molecular formula is C9H12ClN3. The van der Waals surface area contributed by atoms with E-state index >= 15 is 0 Å². The lowest BCUT2D eigenvalue weighted by molar-refractivity contribution is 0.585. The molecule has 2 heterocycles. The van der Waals surface area contributed by atoms with Crippen LogP contribution < -0.4 is 10.2 Å². The predicted molar refractivity (Wildman–Crippen MR) is 54.3 cm³/mol. The van der Waals surface area contributed by atoms with Crippen LogP contribution in [0.15, 0.2) is 18.3 Å². The highest BCUT2D eigenvalue weighted by Gasteiger charge is 2.10. The summed E-state index contributed by atoms with van der Waals surface area (Å²) in [6.45, 7) is 4.06. The molecule has 1 aliphatic rings. The number of hydrogen-bond acceptors (Lipinski definition) is 3. The van der Waals surface area contributed by atoms with Gasteiger partial charge in [0.2, 0.25) is 0 Å². The molecule has 0 unspecified atom stereocenters. The van der Waals surface area contributed by atoms with E-state index in [2.05, 4.69) is 15.2 Å². The maximum absolute atomic E-state index is 5.88. The van der Waals surface area contributed by atoms with Gasteiger partial charge in [-0.05, 0) is 12.1 Å².